The molecule has 0 fully saturated rings. The van der Waals surface area contributed by atoms with E-state index in [0.717, 1.165) is 11.3 Å². The van der Waals surface area contributed by atoms with Crippen LogP contribution in [0, 0.1) is 12.3 Å². The first-order valence-corrected chi connectivity index (χ1v) is 5.34. The SMILES string of the molecule is Cc1ccc(CNCC(C)(C)C(N)=O)cn1. The zero-order valence-electron chi connectivity index (χ0n) is 10.1. The predicted octanol–water partition coefficient (Wildman–Crippen LogP) is 0.991. The second-order valence-electron chi connectivity index (χ2n) is 4.66. The summed E-state index contributed by atoms with van der Waals surface area (Å²) in [5.74, 6) is -0.290. The van der Waals surface area contributed by atoms with Crippen LogP contribution in [-0.2, 0) is 11.3 Å². The van der Waals surface area contributed by atoms with Crippen molar-refractivity contribution in [1.29, 1.82) is 0 Å². The first-order chi connectivity index (χ1) is 7.42. The summed E-state index contributed by atoms with van der Waals surface area (Å²) >= 11 is 0. The number of nitrogens with two attached hydrogens (primary N) is 1. The maximum Gasteiger partial charge on any atom is 0.224 e. The maximum absolute atomic E-state index is 11.1. The van der Waals surface area contributed by atoms with Gasteiger partial charge in [0, 0.05) is 25.0 Å². The van der Waals surface area contributed by atoms with Gasteiger partial charge in [0.25, 0.3) is 0 Å². The highest BCUT2D eigenvalue weighted by atomic mass is 16.1. The van der Waals surface area contributed by atoms with E-state index in [9.17, 15) is 4.79 Å². The molecule has 0 saturated heterocycles. The van der Waals surface area contributed by atoms with Gasteiger partial charge in [0.1, 0.15) is 0 Å². The number of aromatic nitrogens is 1. The Balaban J connectivity index is 2.41. The topological polar surface area (TPSA) is 68.0 Å². The molecule has 0 unspecified atom stereocenters. The van der Waals surface area contributed by atoms with E-state index in [0.29, 0.717) is 13.1 Å². The molecule has 1 aromatic rings. The van der Waals surface area contributed by atoms with E-state index < -0.39 is 5.41 Å². The van der Waals surface area contributed by atoms with E-state index >= 15 is 0 Å². The molecule has 0 bridgehead atoms. The van der Waals surface area contributed by atoms with Crippen LogP contribution in [0.3, 0.4) is 0 Å². The number of primary amides is 1. The van der Waals surface area contributed by atoms with Crippen molar-refractivity contribution in [2.24, 2.45) is 11.1 Å². The van der Waals surface area contributed by atoms with E-state index in [2.05, 4.69) is 10.3 Å². The van der Waals surface area contributed by atoms with Crippen molar-refractivity contribution in [3.63, 3.8) is 0 Å². The molecule has 1 amide bonds. The monoisotopic (exact) mass is 221 g/mol. The third-order valence-electron chi connectivity index (χ3n) is 2.54. The Morgan fingerprint density at radius 1 is 1.50 bits per heavy atom. The summed E-state index contributed by atoms with van der Waals surface area (Å²) in [6.07, 6.45) is 1.83. The number of nitrogens with zero attached hydrogens (tertiary/aromatic N) is 1. The number of carbonyl (C=O) groups excluding carboxylic acids is 1. The summed E-state index contributed by atoms with van der Waals surface area (Å²) in [6, 6.07) is 3.99. The van der Waals surface area contributed by atoms with Gasteiger partial charge in [-0.15, -0.1) is 0 Å². The molecule has 3 N–H and O–H groups in total. The molecule has 0 aromatic carbocycles. The highest BCUT2D eigenvalue weighted by molar-refractivity contribution is 5.80. The predicted molar refractivity (Wildman–Crippen MR) is 63.7 cm³/mol. The molecular formula is C12H19N3O. The zero-order chi connectivity index (χ0) is 12.2. The normalized spacial score (nSPS) is 11.4. The quantitative estimate of drug-likeness (QED) is 0.779. The summed E-state index contributed by atoms with van der Waals surface area (Å²) in [7, 11) is 0. The highest BCUT2D eigenvalue weighted by Gasteiger charge is 2.23. The Bertz CT molecular complexity index is 357. The van der Waals surface area contributed by atoms with Crippen molar-refractivity contribution in [2.45, 2.75) is 27.3 Å². The fraction of sp³-hybridized carbons (Fsp3) is 0.500. The Kier molecular flexibility index (Phi) is 4.01. The van der Waals surface area contributed by atoms with Crippen LogP contribution in [-0.4, -0.2) is 17.4 Å². The molecule has 1 heterocycles. The first kappa shape index (κ1) is 12.6. The minimum atomic E-state index is -0.516. The van der Waals surface area contributed by atoms with Gasteiger partial charge >= 0.3 is 0 Å². The Morgan fingerprint density at radius 3 is 2.69 bits per heavy atom. The molecular weight excluding hydrogens is 202 g/mol. The van der Waals surface area contributed by atoms with Gasteiger partial charge in [0.2, 0.25) is 5.91 Å². The van der Waals surface area contributed by atoms with Crippen molar-refractivity contribution in [3.8, 4) is 0 Å². The van der Waals surface area contributed by atoms with Gasteiger partial charge in [-0.2, -0.15) is 0 Å². The number of nitrogens with one attached hydrogen (secondary N) is 1. The molecule has 16 heavy (non-hydrogen) atoms. The molecule has 88 valence electrons. The van der Waals surface area contributed by atoms with Gasteiger partial charge in [-0.25, -0.2) is 0 Å². The highest BCUT2D eigenvalue weighted by Crippen LogP contribution is 2.12. The molecule has 0 aliphatic carbocycles. The van der Waals surface area contributed by atoms with Crippen LogP contribution in [0.25, 0.3) is 0 Å². The van der Waals surface area contributed by atoms with Crippen LogP contribution in [0.15, 0.2) is 18.3 Å². The number of amides is 1. The number of hydrogen-bond acceptors (Lipinski definition) is 3. The summed E-state index contributed by atoms with van der Waals surface area (Å²) in [6.45, 7) is 6.87. The van der Waals surface area contributed by atoms with E-state index in [1.54, 1.807) is 0 Å². The van der Waals surface area contributed by atoms with Gasteiger partial charge < -0.3 is 11.1 Å². The van der Waals surface area contributed by atoms with Crippen LogP contribution < -0.4 is 11.1 Å². The second kappa shape index (κ2) is 5.07. The average molecular weight is 221 g/mol. The van der Waals surface area contributed by atoms with Crippen molar-refractivity contribution >= 4 is 5.91 Å². The van der Waals surface area contributed by atoms with Crippen LogP contribution in [0.4, 0.5) is 0 Å². The van der Waals surface area contributed by atoms with E-state index in [4.69, 9.17) is 5.73 Å². The molecule has 4 heteroatoms. The van der Waals surface area contributed by atoms with Gasteiger partial charge in [0.15, 0.2) is 0 Å². The van der Waals surface area contributed by atoms with E-state index in [1.165, 1.54) is 0 Å². The second-order valence-corrected chi connectivity index (χ2v) is 4.66. The Hall–Kier alpha value is -1.42. The summed E-state index contributed by atoms with van der Waals surface area (Å²) in [5, 5.41) is 3.20. The van der Waals surface area contributed by atoms with E-state index in [1.807, 2.05) is 39.1 Å². The number of rotatable bonds is 5. The molecule has 0 atom stereocenters. The third kappa shape index (κ3) is 3.62. The number of hydrogen-bond donors (Lipinski definition) is 2. The van der Waals surface area contributed by atoms with Crippen LogP contribution >= 0.6 is 0 Å². The lowest BCUT2D eigenvalue weighted by molar-refractivity contribution is -0.125. The lowest BCUT2D eigenvalue weighted by Gasteiger charge is -2.20. The fourth-order valence-electron chi connectivity index (χ4n) is 1.21. The van der Waals surface area contributed by atoms with E-state index in [-0.39, 0.29) is 5.91 Å². The van der Waals surface area contributed by atoms with Crippen LogP contribution in [0.5, 0.6) is 0 Å². The number of carbonyl (C=O) groups is 1. The molecule has 0 aliphatic rings. The molecule has 0 aliphatic heterocycles. The lowest BCUT2D eigenvalue weighted by atomic mass is 9.93. The molecule has 0 radical (unpaired) electrons. The summed E-state index contributed by atoms with van der Waals surface area (Å²) < 4.78 is 0. The van der Waals surface area contributed by atoms with Crippen molar-refractivity contribution < 1.29 is 4.79 Å². The van der Waals surface area contributed by atoms with Crippen molar-refractivity contribution in [2.75, 3.05) is 6.54 Å². The van der Waals surface area contributed by atoms with Gasteiger partial charge in [0.05, 0.1) is 5.41 Å². The smallest absolute Gasteiger partial charge is 0.224 e. The fourth-order valence-corrected chi connectivity index (χ4v) is 1.21. The number of aryl methyl sites for hydroxylation is 1. The van der Waals surface area contributed by atoms with Crippen molar-refractivity contribution in [3.05, 3.63) is 29.6 Å². The Morgan fingerprint density at radius 2 is 2.19 bits per heavy atom. The molecule has 1 aromatic heterocycles. The van der Waals surface area contributed by atoms with Gasteiger partial charge in [-0.1, -0.05) is 6.07 Å². The zero-order valence-corrected chi connectivity index (χ0v) is 10.1. The minimum Gasteiger partial charge on any atom is -0.369 e. The standard InChI is InChI=1S/C12H19N3O/c1-9-4-5-10(7-15-9)6-14-8-12(2,3)11(13)16/h4-5,7,14H,6,8H2,1-3H3,(H2,13,16). The van der Waals surface area contributed by atoms with Gasteiger partial charge in [-0.3, -0.25) is 9.78 Å². The van der Waals surface area contributed by atoms with Crippen molar-refractivity contribution in [1.82, 2.24) is 10.3 Å². The summed E-state index contributed by atoms with van der Waals surface area (Å²) in [5.41, 5.74) is 6.87. The van der Waals surface area contributed by atoms with Crippen LogP contribution in [0.1, 0.15) is 25.1 Å². The molecule has 1 rings (SSSR count). The van der Waals surface area contributed by atoms with Crippen LogP contribution in [0.2, 0.25) is 0 Å². The molecule has 4 nitrogen and oxygen atoms in total. The lowest BCUT2D eigenvalue weighted by Crippen LogP contribution is -2.40. The molecule has 0 saturated carbocycles. The minimum absolute atomic E-state index is 0.290. The number of pyridine rings is 1. The average Bonchev–Trinajstić information content (AvgIpc) is 2.20. The summed E-state index contributed by atoms with van der Waals surface area (Å²) in [4.78, 5) is 15.3. The first-order valence-electron chi connectivity index (χ1n) is 5.34. The largest absolute Gasteiger partial charge is 0.369 e. The van der Waals surface area contributed by atoms with Gasteiger partial charge in [-0.05, 0) is 32.4 Å². The maximum atomic E-state index is 11.1. The third-order valence-corrected chi connectivity index (χ3v) is 2.54. The molecule has 0 spiro atoms. The Labute approximate surface area is 96.3 Å².